The van der Waals surface area contributed by atoms with Crippen molar-refractivity contribution >= 4 is 0 Å². The molecular formula is C18H25F3N2O. The maximum atomic E-state index is 12.8. The fourth-order valence-corrected chi connectivity index (χ4v) is 3.84. The first-order valence-electron chi connectivity index (χ1n) is 8.67. The first-order chi connectivity index (χ1) is 11.3. The monoisotopic (exact) mass is 342 g/mol. The molecule has 134 valence electrons. The van der Waals surface area contributed by atoms with Gasteiger partial charge in [0.25, 0.3) is 0 Å². The number of rotatable bonds is 4. The molecule has 2 heterocycles. The van der Waals surface area contributed by atoms with Gasteiger partial charge in [-0.25, -0.2) is 0 Å². The van der Waals surface area contributed by atoms with Crippen molar-refractivity contribution < 1.29 is 18.3 Å². The first kappa shape index (κ1) is 17.7. The van der Waals surface area contributed by atoms with Crippen LogP contribution in [-0.2, 0) is 12.7 Å². The minimum atomic E-state index is -4.31. The Morgan fingerprint density at radius 1 is 1.04 bits per heavy atom. The van der Waals surface area contributed by atoms with E-state index in [1.165, 1.54) is 31.4 Å². The summed E-state index contributed by atoms with van der Waals surface area (Å²) in [5.74, 6) is 0. The molecule has 2 fully saturated rings. The molecule has 3 nitrogen and oxygen atoms in total. The van der Waals surface area contributed by atoms with Crippen molar-refractivity contribution in [2.45, 2.75) is 44.0 Å². The molecule has 0 radical (unpaired) electrons. The van der Waals surface area contributed by atoms with Gasteiger partial charge in [0.05, 0.1) is 11.2 Å². The van der Waals surface area contributed by atoms with E-state index < -0.39 is 17.3 Å². The Morgan fingerprint density at radius 3 is 2.50 bits per heavy atom. The van der Waals surface area contributed by atoms with Crippen molar-refractivity contribution in [2.24, 2.45) is 0 Å². The van der Waals surface area contributed by atoms with Crippen LogP contribution in [0.2, 0.25) is 0 Å². The molecule has 0 saturated carbocycles. The van der Waals surface area contributed by atoms with E-state index in [4.69, 9.17) is 0 Å². The lowest BCUT2D eigenvalue weighted by atomic mass is 10.0. The number of hydrogen-bond acceptors (Lipinski definition) is 3. The zero-order valence-corrected chi connectivity index (χ0v) is 13.9. The van der Waals surface area contributed by atoms with Crippen LogP contribution in [0.3, 0.4) is 0 Å². The number of benzene rings is 1. The van der Waals surface area contributed by atoms with Crippen molar-refractivity contribution in [3.8, 4) is 0 Å². The van der Waals surface area contributed by atoms with Gasteiger partial charge in [0.2, 0.25) is 0 Å². The Kier molecular flexibility index (Phi) is 5.18. The number of halogens is 3. The minimum Gasteiger partial charge on any atom is -0.387 e. The number of alkyl halides is 3. The standard InChI is InChI=1S/C18H25F3N2O/c19-18(20,21)16-6-4-5-15(11-16)12-23-10-7-17(24,14-23)13-22-8-2-1-3-9-22/h4-6,11,24H,1-3,7-10,12-14H2. The summed E-state index contributed by atoms with van der Waals surface area (Å²) in [4.78, 5) is 4.37. The summed E-state index contributed by atoms with van der Waals surface area (Å²) in [5, 5.41) is 10.8. The summed E-state index contributed by atoms with van der Waals surface area (Å²) < 4.78 is 38.4. The van der Waals surface area contributed by atoms with Gasteiger partial charge in [-0.2, -0.15) is 13.2 Å². The maximum absolute atomic E-state index is 12.8. The second-order valence-electron chi connectivity index (χ2n) is 7.22. The second-order valence-corrected chi connectivity index (χ2v) is 7.22. The lowest BCUT2D eigenvalue weighted by Gasteiger charge is -2.33. The van der Waals surface area contributed by atoms with E-state index in [1.807, 2.05) is 0 Å². The van der Waals surface area contributed by atoms with E-state index in [1.54, 1.807) is 6.07 Å². The lowest BCUT2D eigenvalue weighted by Crippen LogP contribution is -2.46. The number of aliphatic hydroxyl groups is 1. The van der Waals surface area contributed by atoms with Crippen molar-refractivity contribution in [3.63, 3.8) is 0 Å². The molecule has 1 N–H and O–H groups in total. The summed E-state index contributed by atoms with van der Waals surface area (Å²) in [6.45, 7) is 4.45. The van der Waals surface area contributed by atoms with Gasteiger partial charge < -0.3 is 10.0 Å². The Hall–Kier alpha value is -1.11. The zero-order chi connectivity index (χ0) is 17.2. The van der Waals surface area contributed by atoms with Crippen LogP contribution in [0, 0.1) is 0 Å². The predicted molar refractivity (Wildman–Crippen MR) is 86.6 cm³/mol. The molecule has 1 aromatic rings. The normalized spacial score (nSPS) is 26.8. The number of nitrogens with zero attached hydrogens (tertiary/aromatic N) is 2. The summed E-state index contributed by atoms with van der Waals surface area (Å²) in [7, 11) is 0. The van der Waals surface area contributed by atoms with Gasteiger partial charge in [-0.15, -0.1) is 0 Å². The molecule has 0 aromatic heterocycles. The third-order valence-corrected chi connectivity index (χ3v) is 5.04. The Bertz CT molecular complexity index is 557. The molecule has 0 amide bonds. The topological polar surface area (TPSA) is 26.7 Å². The number of likely N-dealkylation sites (tertiary alicyclic amines) is 2. The SMILES string of the molecule is OC1(CN2CCCCC2)CCN(Cc2cccc(C(F)(F)F)c2)C1. The number of β-amino-alcohol motifs (C(OH)–C–C–N with tert-alkyl or cyclic N) is 1. The average molecular weight is 342 g/mol. The van der Waals surface area contributed by atoms with Crippen molar-refractivity contribution in [3.05, 3.63) is 35.4 Å². The molecule has 0 spiro atoms. The van der Waals surface area contributed by atoms with Crippen molar-refractivity contribution in [2.75, 3.05) is 32.7 Å². The Labute approximate surface area is 141 Å². The highest BCUT2D eigenvalue weighted by Crippen LogP contribution is 2.30. The zero-order valence-electron chi connectivity index (χ0n) is 13.9. The third kappa shape index (κ3) is 4.49. The summed E-state index contributed by atoms with van der Waals surface area (Å²) in [6.07, 6.45) is 0.00311. The molecule has 1 aromatic carbocycles. The van der Waals surface area contributed by atoms with E-state index in [0.29, 0.717) is 31.6 Å². The Balaban J connectivity index is 1.57. The molecule has 6 heteroatoms. The van der Waals surface area contributed by atoms with Crippen LogP contribution in [0.25, 0.3) is 0 Å². The maximum Gasteiger partial charge on any atom is 0.416 e. The molecule has 3 rings (SSSR count). The fourth-order valence-electron chi connectivity index (χ4n) is 3.84. The molecule has 2 saturated heterocycles. The molecule has 24 heavy (non-hydrogen) atoms. The largest absolute Gasteiger partial charge is 0.416 e. The van der Waals surface area contributed by atoms with Crippen LogP contribution in [0.1, 0.15) is 36.8 Å². The van der Waals surface area contributed by atoms with E-state index in [9.17, 15) is 18.3 Å². The lowest BCUT2D eigenvalue weighted by molar-refractivity contribution is -0.137. The van der Waals surface area contributed by atoms with Gasteiger partial charge in [-0.1, -0.05) is 24.6 Å². The van der Waals surface area contributed by atoms with Crippen molar-refractivity contribution in [1.29, 1.82) is 0 Å². The predicted octanol–water partition coefficient (Wildman–Crippen LogP) is 3.13. The smallest absolute Gasteiger partial charge is 0.387 e. The van der Waals surface area contributed by atoms with E-state index in [-0.39, 0.29) is 0 Å². The van der Waals surface area contributed by atoms with Gasteiger partial charge >= 0.3 is 6.18 Å². The van der Waals surface area contributed by atoms with Crippen LogP contribution in [0.5, 0.6) is 0 Å². The molecule has 0 bridgehead atoms. The van der Waals surface area contributed by atoms with E-state index >= 15 is 0 Å². The highest BCUT2D eigenvalue weighted by Gasteiger charge is 2.38. The summed E-state index contributed by atoms with van der Waals surface area (Å²) in [5.41, 5.74) is -0.700. The van der Waals surface area contributed by atoms with E-state index in [2.05, 4.69) is 9.80 Å². The first-order valence-corrected chi connectivity index (χ1v) is 8.67. The highest BCUT2D eigenvalue weighted by atomic mass is 19.4. The molecular weight excluding hydrogens is 317 g/mol. The van der Waals surface area contributed by atoms with Gasteiger partial charge in [0, 0.05) is 26.2 Å². The minimum absolute atomic E-state index is 0.451. The summed E-state index contributed by atoms with van der Waals surface area (Å²) in [6, 6.07) is 5.48. The Morgan fingerprint density at radius 2 is 1.79 bits per heavy atom. The quantitative estimate of drug-likeness (QED) is 0.911. The van der Waals surface area contributed by atoms with Crippen LogP contribution in [0.15, 0.2) is 24.3 Å². The van der Waals surface area contributed by atoms with Gasteiger partial charge in [-0.05, 0) is 44.0 Å². The van der Waals surface area contributed by atoms with Crippen molar-refractivity contribution in [1.82, 2.24) is 9.80 Å². The van der Waals surface area contributed by atoms with Gasteiger partial charge in [0.15, 0.2) is 0 Å². The number of piperidine rings is 1. The van der Waals surface area contributed by atoms with Crippen LogP contribution < -0.4 is 0 Å². The second kappa shape index (κ2) is 7.02. The third-order valence-electron chi connectivity index (χ3n) is 5.04. The van der Waals surface area contributed by atoms with Crippen LogP contribution >= 0.6 is 0 Å². The van der Waals surface area contributed by atoms with Crippen LogP contribution in [0.4, 0.5) is 13.2 Å². The number of hydrogen-bond donors (Lipinski definition) is 1. The molecule has 1 unspecified atom stereocenters. The molecule has 2 aliphatic rings. The molecule has 2 aliphatic heterocycles. The highest BCUT2D eigenvalue weighted by molar-refractivity contribution is 5.25. The van der Waals surface area contributed by atoms with Crippen LogP contribution in [-0.4, -0.2) is 53.2 Å². The average Bonchev–Trinajstić information content (AvgIpc) is 2.88. The van der Waals surface area contributed by atoms with Gasteiger partial charge in [-0.3, -0.25) is 4.90 Å². The van der Waals surface area contributed by atoms with E-state index in [0.717, 1.165) is 25.7 Å². The fraction of sp³-hybridized carbons (Fsp3) is 0.667. The summed E-state index contributed by atoms with van der Waals surface area (Å²) >= 11 is 0. The molecule has 0 aliphatic carbocycles. The van der Waals surface area contributed by atoms with Gasteiger partial charge in [0.1, 0.15) is 0 Å². The molecule has 1 atom stereocenters.